The molecule has 0 heterocycles. The first-order valence-corrected chi connectivity index (χ1v) is 10.1. The van der Waals surface area contributed by atoms with E-state index in [0.717, 1.165) is 22.9 Å². The lowest BCUT2D eigenvalue weighted by atomic mass is 9.62. The molecule has 3 aromatic carbocycles. The van der Waals surface area contributed by atoms with Crippen LogP contribution in [0.5, 0.6) is 0 Å². The second kappa shape index (κ2) is 6.06. The molecule has 130 valence electrons. The Morgan fingerprint density at radius 3 is 2.77 bits per heavy atom. The van der Waals surface area contributed by atoms with Crippen molar-refractivity contribution in [2.24, 2.45) is 5.92 Å². The van der Waals surface area contributed by atoms with Crippen molar-refractivity contribution >= 4 is 32.8 Å². The van der Waals surface area contributed by atoms with Crippen LogP contribution in [-0.4, -0.2) is 0 Å². The van der Waals surface area contributed by atoms with Gasteiger partial charge >= 0.3 is 0 Å². The number of benzene rings is 3. The molecule has 0 N–H and O–H groups in total. The molecule has 0 nitrogen and oxygen atoms in total. The predicted octanol–water partition coefficient (Wildman–Crippen LogP) is 7.38. The van der Waals surface area contributed by atoms with Crippen molar-refractivity contribution < 1.29 is 4.39 Å². The Balaban J connectivity index is 1.73. The van der Waals surface area contributed by atoms with Gasteiger partial charge in [-0.05, 0) is 64.8 Å². The molecular formula is C24H20BrF. The largest absolute Gasteiger partial charge is 0.238 e. The van der Waals surface area contributed by atoms with Gasteiger partial charge in [-0.3, -0.25) is 0 Å². The number of alkyl halides is 1. The standard InChI is InChI=1S/C24H20BrF/c25-19-8-3-7-18(15-19)24(26)14-4-6-17-11-12-21-20-9-2-1-5-16(20)10-13-22(21)23(17)24/h1-3,5,7-13,15,17,23H,4,6,14H2. The number of hydrogen-bond acceptors (Lipinski definition) is 0. The van der Waals surface area contributed by atoms with E-state index in [2.05, 4.69) is 64.5 Å². The number of allylic oxidation sites excluding steroid dienone is 1. The third kappa shape index (κ3) is 2.39. The van der Waals surface area contributed by atoms with Crippen LogP contribution in [-0.2, 0) is 5.67 Å². The number of rotatable bonds is 1. The Kier molecular flexibility index (Phi) is 3.79. The van der Waals surface area contributed by atoms with Crippen LogP contribution in [0.2, 0.25) is 0 Å². The Morgan fingerprint density at radius 2 is 1.88 bits per heavy atom. The molecule has 5 rings (SSSR count). The summed E-state index contributed by atoms with van der Waals surface area (Å²) in [5.41, 5.74) is 1.84. The fraction of sp³-hybridized carbons (Fsp3) is 0.250. The van der Waals surface area contributed by atoms with Crippen LogP contribution in [0.4, 0.5) is 4.39 Å². The molecule has 0 amide bonds. The lowest BCUT2D eigenvalue weighted by molar-refractivity contribution is 0.0537. The monoisotopic (exact) mass is 406 g/mol. The van der Waals surface area contributed by atoms with Crippen molar-refractivity contribution in [1.82, 2.24) is 0 Å². The molecule has 26 heavy (non-hydrogen) atoms. The highest BCUT2D eigenvalue weighted by Gasteiger charge is 2.49. The highest BCUT2D eigenvalue weighted by atomic mass is 79.9. The summed E-state index contributed by atoms with van der Waals surface area (Å²) in [4.78, 5) is 0. The van der Waals surface area contributed by atoms with E-state index < -0.39 is 5.67 Å². The van der Waals surface area contributed by atoms with E-state index in [1.807, 2.05) is 24.3 Å². The summed E-state index contributed by atoms with van der Waals surface area (Å²) in [6.07, 6.45) is 7.06. The maximum Gasteiger partial charge on any atom is 0.143 e. The van der Waals surface area contributed by atoms with Crippen molar-refractivity contribution in [3.8, 4) is 0 Å². The van der Waals surface area contributed by atoms with Crippen molar-refractivity contribution in [3.63, 3.8) is 0 Å². The predicted molar refractivity (Wildman–Crippen MR) is 110 cm³/mol. The summed E-state index contributed by atoms with van der Waals surface area (Å²) < 4.78 is 17.6. The lowest BCUT2D eigenvalue weighted by Crippen LogP contribution is -2.38. The second-order valence-corrected chi connectivity index (χ2v) is 8.47. The quantitative estimate of drug-likeness (QED) is 0.395. The third-order valence-electron chi connectivity index (χ3n) is 6.15. The number of halogens is 2. The van der Waals surface area contributed by atoms with Gasteiger partial charge in [0.2, 0.25) is 0 Å². The minimum atomic E-state index is -1.32. The van der Waals surface area contributed by atoms with Gasteiger partial charge in [-0.1, -0.05) is 76.6 Å². The topological polar surface area (TPSA) is 0 Å². The summed E-state index contributed by atoms with van der Waals surface area (Å²) in [6, 6.07) is 20.6. The summed E-state index contributed by atoms with van der Waals surface area (Å²) in [6.45, 7) is 0. The summed E-state index contributed by atoms with van der Waals surface area (Å²) in [7, 11) is 0. The zero-order valence-corrected chi connectivity index (χ0v) is 16.0. The summed E-state index contributed by atoms with van der Waals surface area (Å²) >= 11 is 3.52. The van der Waals surface area contributed by atoms with Gasteiger partial charge in [0.1, 0.15) is 5.67 Å². The van der Waals surface area contributed by atoms with Gasteiger partial charge in [-0.25, -0.2) is 4.39 Å². The van der Waals surface area contributed by atoms with Crippen LogP contribution in [0, 0.1) is 5.92 Å². The lowest BCUT2D eigenvalue weighted by Gasteiger charge is -2.45. The summed E-state index contributed by atoms with van der Waals surface area (Å²) in [5.74, 6) is 0.150. The molecule has 0 radical (unpaired) electrons. The molecule has 2 aliphatic rings. The van der Waals surface area contributed by atoms with E-state index in [4.69, 9.17) is 0 Å². The first-order valence-electron chi connectivity index (χ1n) is 9.32. The smallest absolute Gasteiger partial charge is 0.143 e. The maximum absolute atomic E-state index is 16.6. The number of fused-ring (bicyclic) bond motifs is 5. The summed E-state index contributed by atoms with van der Waals surface area (Å²) in [5, 5.41) is 2.44. The Labute approximate surface area is 161 Å². The fourth-order valence-electron chi connectivity index (χ4n) is 5.00. The molecule has 1 fully saturated rings. The SMILES string of the molecule is FC1(c2cccc(Br)c2)CCCC2C=Cc3c(ccc4ccccc34)C21. The Bertz CT molecular complexity index is 1020. The minimum Gasteiger partial charge on any atom is -0.238 e. The second-order valence-electron chi connectivity index (χ2n) is 7.56. The molecule has 2 aliphatic carbocycles. The molecule has 3 atom stereocenters. The van der Waals surface area contributed by atoms with Gasteiger partial charge in [0.05, 0.1) is 0 Å². The maximum atomic E-state index is 16.6. The van der Waals surface area contributed by atoms with Gasteiger partial charge in [0, 0.05) is 10.4 Å². The van der Waals surface area contributed by atoms with Crippen molar-refractivity contribution in [3.05, 3.63) is 87.9 Å². The molecule has 3 unspecified atom stereocenters. The molecule has 0 spiro atoms. The van der Waals surface area contributed by atoms with Crippen molar-refractivity contribution in [2.75, 3.05) is 0 Å². The normalized spacial score (nSPS) is 27.2. The van der Waals surface area contributed by atoms with Crippen molar-refractivity contribution in [1.29, 1.82) is 0 Å². The molecule has 2 heteroatoms. The molecule has 0 aromatic heterocycles. The van der Waals surface area contributed by atoms with Crippen LogP contribution < -0.4 is 0 Å². The van der Waals surface area contributed by atoms with Gasteiger partial charge in [0.25, 0.3) is 0 Å². The van der Waals surface area contributed by atoms with Gasteiger partial charge in [-0.2, -0.15) is 0 Å². The fourth-order valence-corrected chi connectivity index (χ4v) is 5.40. The first-order chi connectivity index (χ1) is 12.7. The van der Waals surface area contributed by atoms with E-state index in [1.165, 1.54) is 21.9 Å². The van der Waals surface area contributed by atoms with E-state index in [1.54, 1.807) is 0 Å². The van der Waals surface area contributed by atoms with Crippen LogP contribution in [0.15, 0.2) is 71.2 Å². The first kappa shape index (κ1) is 16.3. The highest BCUT2D eigenvalue weighted by molar-refractivity contribution is 9.10. The molecule has 1 saturated carbocycles. The zero-order valence-electron chi connectivity index (χ0n) is 14.5. The molecule has 3 aromatic rings. The third-order valence-corrected chi connectivity index (χ3v) is 6.65. The van der Waals surface area contributed by atoms with Crippen LogP contribution >= 0.6 is 15.9 Å². The van der Waals surface area contributed by atoms with E-state index in [0.29, 0.717) is 6.42 Å². The van der Waals surface area contributed by atoms with Crippen molar-refractivity contribution in [2.45, 2.75) is 30.8 Å². The molecular weight excluding hydrogens is 387 g/mol. The van der Waals surface area contributed by atoms with Gasteiger partial charge in [-0.15, -0.1) is 0 Å². The Morgan fingerprint density at radius 1 is 1.00 bits per heavy atom. The highest BCUT2D eigenvalue weighted by Crippen LogP contribution is 2.56. The molecule has 0 saturated heterocycles. The minimum absolute atomic E-state index is 0.116. The number of hydrogen-bond donors (Lipinski definition) is 0. The average Bonchev–Trinajstić information content (AvgIpc) is 2.67. The zero-order chi connectivity index (χ0) is 17.7. The van der Waals surface area contributed by atoms with Gasteiger partial charge in [0.15, 0.2) is 0 Å². The van der Waals surface area contributed by atoms with E-state index in [9.17, 15) is 0 Å². The van der Waals surface area contributed by atoms with Crippen LogP contribution in [0.25, 0.3) is 16.8 Å². The van der Waals surface area contributed by atoms with Gasteiger partial charge < -0.3 is 0 Å². The van der Waals surface area contributed by atoms with E-state index in [-0.39, 0.29) is 11.8 Å². The average molecular weight is 407 g/mol. The molecule has 0 bridgehead atoms. The van der Waals surface area contributed by atoms with Crippen LogP contribution in [0.3, 0.4) is 0 Å². The van der Waals surface area contributed by atoms with E-state index >= 15 is 4.39 Å². The molecule has 0 aliphatic heterocycles. The van der Waals surface area contributed by atoms with Crippen LogP contribution in [0.1, 0.15) is 41.9 Å². The Hall–Kier alpha value is -1.93.